The van der Waals surface area contributed by atoms with Crippen LogP contribution in [0.25, 0.3) is 11.5 Å². The van der Waals surface area contributed by atoms with Crippen LogP contribution in [0, 0.1) is 11.3 Å². The first-order valence-electron chi connectivity index (χ1n) is 8.76. The highest BCUT2D eigenvalue weighted by molar-refractivity contribution is 5.73. The zero-order valence-corrected chi connectivity index (χ0v) is 15.6. The number of amides is 1. The molecule has 7 nitrogen and oxygen atoms in total. The summed E-state index contributed by atoms with van der Waals surface area (Å²) in [4.78, 5) is 22.4. The molecule has 0 bridgehead atoms. The maximum atomic E-state index is 13.4. The van der Waals surface area contributed by atoms with Gasteiger partial charge in [0.25, 0.3) is 0 Å². The number of nitrogens with one attached hydrogen (secondary N) is 3. The van der Waals surface area contributed by atoms with Gasteiger partial charge in [0.05, 0.1) is 5.56 Å². The second-order valence-electron chi connectivity index (χ2n) is 7.56. The smallest absolute Gasteiger partial charge is 0.388 e. The van der Waals surface area contributed by atoms with Crippen LogP contribution in [0.4, 0.5) is 18.9 Å². The number of rotatable bonds is 5. The van der Waals surface area contributed by atoms with Crippen LogP contribution in [0.2, 0.25) is 0 Å². The van der Waals surface area contributed by atoms with Crippen molar-refractivity contribution >= 4 is 11.6 Å². The van der Waals surface area contributed by atoms with Gasteiger partial charge in [-0.3, -0.25) is 4.79 Å². The number of benzene rings is 1. The molecular weight excluding hydrogens is 377 g/mol. The second kappa shape index (κ2) is 6.99. The third-order valence-corrected chi connectivity index (χ3v) is 5.40. The van der Waals surface area contributed by atoms with Crippen molar-refractivity contribution in [1.29, 1.82) is 0 Å². The van der Waals surface area contributed by atoms with Gasteiger partial charge in [-0.15, -0.1) is 5.10 Å². The van der Waals surface area contributed by atoms with E-state index in [0.717, 1.165) is 6.07 Å². The lowest BCUT2D eigenvalue weighted by atomic mass is 9.58. The Kier molecular flexibility index (Phi) is 4.99. The van der Waals surface area contributed by atoms with E-state index in [9.17, 15) is 22.8 Å². The zero-order chi connectivity index (χ0) is 20.7. The third-order valence-electron chi connectivity index (χ3n) is 5.40. The van der Waals surface area contributed by atoms with Gasteiger partial charge >= 0.3 is 11.9 Å². The normalized spacial score (nSPS) is 21.1. The molecule has 1 amide bonds. The molecule has 0 unspecified atom stereocenters. The van der Waals surface area contributed by atoms with Gasteiger partial charge in [0.1, 0.15) is 0 Å². The number of aromatic nitrogens is 2. The number of aromatic amines is 1. The number of carbonyl (C=O) groups is 1. The highest BCUT2D eigenvalue weighted by Crippen LogP contribution is 2.46. The molecule has 1 aromatic carbocycles. The molecule has 0 saturated heterocycles. The molecule has 0 spiro atoms. The maximum absolute atomic E-state index is 13.4. The Morgan fingerprint density at radius 1 is 1.39 bits per heavy atom. The highest BCUT2D eigenvalue weighted by Gasteiger charge is 2.48. The van der Waals surface area contributed by atoms with Crippen molar-refractivity contribution in [2.45, 2.75) is 39.4 Å². The molecular formula is C18H21F3N4O3. The molecule has 0 aliphatic heterocycles. The molecule has 1 aliphatic carbocycles. The minimum atomic E-state index is -4.54. The van der Waals surface area contributed by atoms with Gasteiger partial charge in [-0.25, -0.2) is 9.89 Å². The summed E-state index contributed by atoms with van der Waals surface area (Å²) in [5.74, 6) is -0.921. The lowest BCUT2D eigenvalue weighted by Gasteiger charge is -2.52. The van der Waals surface area contributed by atoms with Gasteiger partial charge in [0, 0.05) is 30.8 Å². The van der Waals surface area contributed by atoms with E-state index in [1.54, 1.807) is 0 Å². The number of alkyl halides is 3. The Hall–Kier alpha value is -2.78. The van der Waals surface area contributed by atoms with Gasteiger partial charge in [-0.2, -0.15) is 13.2 Å². The van der Waals surface area contributed by atoms with Crippen molar-refractivity contribution in [1.82, 2.24) is 15.5 Å². The summed E-state index contributed by atoms with van der Waals surface area (Å²) in [5, 5.41) is 11.5. The summed E-state index contributed by atoms with van der Waals surface area (Å²) < 4.78 is 45.0. The molecule has 3 rings (SSSR count). The lowest BCUT2D eigenvalue weighted by Crippen LogP contribution is -2.59. The first-order valence-corrected chi connectivity index (χ1v) is 8.76. The Balaban J connectivity index is 1.80. The average molecular weight is 398 g/mol. The number of anilines is 1. The summed E-state index contributed by atoms with van der Waals surface area (Å²) in [6.45, 7) is 5.70. The topological polar surface area (TPSA) is 100 Å². The van der Waals surface area contributed by atoms with Crippen LogP contribution in [0.5, 0.6) is 0 Å². The van der Waals surface area contributed by atoms with E-state index >= 15 is 0 Å². The van der Waals surface area contributed by atoms with Crippen LogP contribution in [0.15, 0.2) is 27.4 Å². The van der Waals surface area contributed by atoms with Gasteiger partial charge in [-0.1, -0.05) is 13.8 Å². The van der Waals surface area contributed by atoms with Crippen molar-refractivity contribution < 1.29 is 22.4 Å². The van der Waals surface area contributed by atoms with Gasteiger partial charge in [0.2, 0.25) is 11.8 Å². The Morgan fingerprint density at radius 3 is 2.64 bits per heavy atom. The van der Waals surface area contributed by atoms with E-state index in [-0.39, 0.29) is 40.4 Å². The van der Waals surface area contributed by atoms with Crippen molar-refractivity contribution in [3.05, 3.63) is 34.3 Å². The van der Waals surface area contributed by atoms with Gasteiger partial charge in [-0.05, 0) is 36.0 Å². The van der Waals surface area contributed by atoms with E-state index in [4.69, 9.17) is 4.42 Å². The monoisotopic (exact) mass is 398 g/mol. The summed E-state index contributed by atoms with van der Waals surface area (Å²) in [7, 11) is 0. The quantitative estimate of drug-likeness (QED) is 0.719. The fraction of sp³-hybridized carbons (Fsp3) is 0.500. The second-order valence-corrected chi connectivity index (χ2v) is 7.56. The summed E-state index contributed by atoms with van der Waals surface area (Å²) in [5.41, 5.74) is -0.930. The fourth-order valence-corrected chi connectivity index (χ4v) is 3.51. The number of nitrogens with zero attached hydrogens (tertiary/aromatic N) is 1. The number of hydrogen-bond acceptors (Lipinski definition) is 5. The predicted octanol–water partition coefficient (Wildman–Crippen LogP) is 3.01. The van der Waals surface area contributed by atoms with E-state index in [2.05, 4.69) is 20.8 Å². The molecule has 1 heterocycles. The Labute approximate surface area is 158 Å². The van der Waals surface area contributed by atoms with E-state index in [0.29, 0.717) is 13.0 Å². The zero-order valence-electron chi connectivity index (χ0n) is 15.6. The van der Waals surface area contributed by atoms with Crippen molar-refractivity contribution in [2.24, 2.45) is 11.3 Å². The number of H-pyrrole nitrogens is 1. The van der Waals surface area contributed by atoms with Crippen molar-refractivity contribution in [2.75, 3.05) is 11.9 Å². The van der Waals surface area contributed by atoms with Crippen LogP contribution in [-0.4, -0.2) is 28.7 Å². The minimum absolute atomic E-state index is 0.0106. The van der Waals surface area contributed by atoms with Crippen LogP contribution in [-0.2, 0) is 11.0 Å². The van der Waals surface area contributed by atoms with Crippen LogP contribution < -0.4 is 16.4 Å². The molecule has 1 saturated carbocycles. The molecule has 0 radical (unpaired) electrons. The fourth-order valence-electron chi connectivity index (χ4n) is 3.51. The Morgan fingerprint density at radius 2 is 2.11 bits per heavy atom. The molecule has 1 aliphatic rings. The molecule has 2 aromatic rings. The average Bonchev–Trinajstić information content (AvgIpc) is 3.02. The van der Waals surface area contributed by atoms with Crippen molar-refractivity contribution in [3.8, 4) is 11.5 Å². The van der Waals surface area contributed by atoms with Crippen LogP contribution in [0.1, 0.15) is 32.8 Å². The first-order chi connectivity index (χ1) is 13.0. The summed E-state index contributed by atoms with van der Waals surface area (Å²) >= 11 is 0. The molecule has 152 valence electrons. The lowest BCUT2D eigenvalue weighted by molar-refractivity contribution is -0.137. The number of carbonyl (C=O) groups excluding carboxylic acids is 1. The molecule has 28 heavy (non-hydrogen) atoms. The van der Waals surface area contributed by atoms with Crippen LogP contribution >= 0.6 is 0 Å². The number of hydrogen-bond donors (Lipinski definition) is 3. The molecule has 1 aromatic heterocycles. The summed E-state index contributed by atoms with van der Waals surface area (Å²) in [6.07, 6.45) is -3.87. The third kappa shape index (κ3) is 3.90. The number of halogens is 3. The van der Waals surface area contributed by atoms with Crippen LogP contribution in [0.3, 0.4) is 0 Å². The molecule has 10 heteroatoms. The molecule has 3 N–H and O–H groups in total. The van der Waals surface area contributed by atoms with E-state index in [1.807, 2.05) is 13.8 Å². The highest BCUT2D eigenvalue weighted by atomic mass is 19.4. The van der Waals surface area contributed by atoms with Gasteiger partial charge in [0.15, 0.2) is 0 Å². The molecule has 1 fully saturated rings. The SMILES string of the molecule is CC(=O)N[C@H]1C[C@@H](CNc2cc(-c3n[nH]c(=O)o3)ccc2C(F)(F)F)C1(C)C. The maximum Gasteiger partial charge on any atom is 0.434 e. The van der Waals surface area contributed by atoms with Gasteiger partial charge < -0.3 is 15.1 Å². The predicted molar refractivity (Wildman–Crippen MR) is 95.5 cm³/mol. The van der Waals surface area contributed by atoms with Crippen molar-refractivity contribution in [3.63, 3.8) is 0 Å². The Bertz CT molecular complexity index is 933. The molecule has 2 atom stereocenters. The minimum Gasteiger partial charge on any atom is -0.388 e. The van der Waals surface area contributed by atoms with E-state index in [1.165, 1.54) is 19.1 Å². The largest absolute Gasteiger partial charge is 0.434 e. The standard InChI is InChI=1S/C18H21F3N4O3/c1-9(26)23-14-7-11(17(14,2)3)8-22-13-6-10(15-24-25-16(27)28-15)4-5-12(13)18(19,20)21/h4-6,11,14,22H,7-8H2,1-3H3,(H,23,26)(H,25,27)/t11-,14-/m0/s1. The summed E-state index contributed by atoms with van der Waals surface area (Å²) in [6, 6.07) is 3.38. The van der Waals surface area contributed by atoms with E-state index < -0.39 is 17.5 Å². The first kappa shape index (κ1) is 20.0.